The van der Waals surface area contributed by atoms with E-state index in [-0.39, 0.29) is 53.2 Å². The number of nitrogens with zero attached hydrogens (tertiary/aromatic N) is 2. The molecule has 1 atom stereocenters. The molecule has 1 aromatic heterocycles. The summed E-state index contributed by atoms with van der Waals surface area (Å²) in [5.41, 5.74) is -0.537. The molecule has 3 aliphatic carbocycles. The van der Waals surface area contributed by atoms with Gasteiger partial charge in [0.15, 0.2) is 5.69 Å². The highest BCUT2D eigenvalue weighted by Gasteiger charge is 2.35. The first kappa shape index (κ1) is 30.1. The van der Waals surface area contributed by atoms with Crippen LogP contribution >= 0.6 is 0 Å². The minimum atomic E-state index is -4.56. The second-order valence-electron chi connectivity index (χ2n) is 12.0. The summed E-state index contributed by atoms with van der Waals surface area (Å²) in [6.45, 7) is 0.303. The van der Waals surface area contributed by atoms with Crippen molar-refractivity contribution in [3.8, 4) is 11.3 Å². The van der Waals surface area contributed by atoms with E-state index in [1.54, 1.807) is 10.7 Å². The van der Waals surface area contributed by atoms with Gasteiger partial charge in [-0.25, -0.2) is 0 Å². The Morgan fingerprint density at radius 3 is 2.31 bits per heavy atom. The lowest BCUT2D eigenvalue weighted by Gasteiger charge is -2.27. The van der Waals surface area contributed by atoms with Crippen LogP contribution in [0.4, 0.5) is 13.2 Å². The van der Waals surface area contributed by atoms with Crippen LogP contribution in [0.15, 0.2) is 30.3 Å². The van der Waals surface area contributed by atoms with Gasteiger partial charge in [-0.3, -0.25) is 19.1 Å². The number of aromatic nitrogens is 2. The van der Waals surface area contributed by atoms with Crippen molar-refractivity contribution < 1.29 is 27.6 Å². The van der Waals surface area contributed by atoms with E-state index in [0.29, 0.717) is 13.0 Å². The van der Waals surface area contributed by atoms with Gasteiger partial charge in [0, 0.05) is 36.5 Å². The maximum Gasteiger partial charge on any atom is 0.417 e. The summed E-state index contributed by atoms with van der Waals surface area (Å²) in [6, 6.07) is 6.24. The molecule has 0 bridgehead atoms. The van der Waals surface area contributed by atoms with Crippen LogP contribution in [-0.4, -0.2) is 46.1 Å². The molecule has 1 heterocycles. The van der Waals surface area contributed by atoms with Crippen molar-refractivity contribution in [3.05, 3.63) is 41.6 Å². The van der Waals surface area contributed by atoms with Gasteiger partial charge in [-0.05, 0) is 63.5 Å². The molecule has 0 radical (unpaired) electrons. The van der Waals surface area contributed by atoms with E-state index in [1.807, 2.05) is 0 Å². The minimum absolute atomic E-state index is 0.000209. The first-order valence-electron chi connectivity index (χ1n) is 15.3. The van der Waals surface area contributed by atoms with Crippen LogP contribution in [-0.2, 0) is 15.8 Å². The fourth-order valence-electron chi connectivity index (χ4n) is 6.34. The Labute approximate surface area is 244 Å². The largest absolute Gasteiger partial charge is 0.417 e. The van der Waals surface area contributed by atoms with E-state index in [4.69, 9.17) is 0 Å². The third-order valence-electron chi connectivity index (χ3n) is 8.90. The lowest BCUT2D eigenvalue weighted by atomic mass is 9.93. The summed E-state index contributed by atoms with van der Waals surface area (Å²) in [6.07, 6.45) is 6.01. The van der Waals surface area contributed by atoms with Crippen molar-refractivity contribution in [2.75, 3.05) is 6.54 Å². The van der Waals surface area contributed by atoms with Crippen LogP contribution in [0, 0.1) is 5.92 Å². The van der Waals surface area contributed by atoms with Crippen LogP contribution in [0.3, 0.4) is 0 Å². The van der Waals surface area contributed by atoms with E-state index < -0.39 is 23.7 Å². The molecule has 0 aliphatic heterocycles. The Balaban J connectivity index is 1.34. The number of rotatable bonds is 11. The number of carbonyl (C=O) groups excluding carboxylic acids is 3. The van der Waals surface area contributed by atoms with Gasteiger partial charge in [0.2, 0.25) is 11.8 Å². The Morgan fingerprint density at radius 1 is 0.952 bits per heavy atom. The number of carbonyl (C=O) groups is 3. The van der Waals surface area contributed by atoms with Crippen molar-refractivity contribution in [3.63, 3.8) is 0 Å². The number of halogens is 3. The van der Waals surface area contributed by atoms with E-state index in [1.165, 1.54) is 18.2 Å². The summed E-state index contributed by atoms with van der Waals surface area (Å²) in [5.74, 6) is -0.721. The van der Waals surface area contributed by atoms with E-state index in [2.05, 4.69) is 21.0 Å². The average molecular weight is 588 g/mol. The zero-order chi connectivity index (χ0) is 29.7. The maximum atomic E-state index is 13.9. The van der Waals surface area contributed by atoms with Gasteiger partial charge in [-0.2, -0.15) is 18.3 Å². The summed E-state index contributed by atoms with van der Waals surface area (Å²) in [7, 11) is 0. The van der Waals surface area contributed by atoms with Crippen LogP contribution in [0.1, 0.15) is 106 Å². The Bertz CT molecular complexity index is 1260. The molecule has 0 spiro atoms. The molecule has 0 saturated heterocycles. The van der Waals surface area contributed by atoms with E-state index in [0.717, 1.165) is 76.7 Å². The zero-order valence-electron chi connectivity index (χ0n) is 23.8. The molecule has 8 nitrogen and oxygen atoms in total. The van der Waals surface area contributed by atoms with Crippen LogP contribution in [0.25, 0.3) is 11.3 Å². The second kappa shape index (κ2) is 13.3. The summed E-state index contributed by atoms with van der Waals surface area (Å²) < 4.78 is 43.3. The predicted molar refractivity (Wildman–Crippen MR) is 151 cm³/mol. The SMILES string of the molecule is O=C(C[C@H](CCNC(=O)C1CCCC1)NC(=O)c1cc(-c2ccccc2C(F)(F)F)n(C2CCCC2)n1)NC1CCC1. The topological polar surface area (TPSA) is 105 Å². The van der Waals surface area contributed by atoms with Gasteiger partial charge in [0.25, 0.3) is 5.91 Å². The average Bonchev–Trinajstić information content (AvgIpc) is 3.72. The van der Waals surface area contributed by atoms with Gasteiger partial charge in [-0.15, -0.1) is 0 Å². The van der Waals surface area contributed by atoms with Crippen molar-refractivity contribution in [2.24, 2.45) is 5.92 Å². The molecule has 0 unspecified atom stereocenters. The standard InChI is InChI=1S/C31H40F3N5O3/c32-31(33,34)25-15-6-5-14-24(25)27-19-26(38-39(27)23-12-3-4-13-23)30(42)37-22(18-28(40)36-21-10-7-11-21)16-17-35-29(41)20-8-1-2-9-20/h5-6,14-15,19-23H,1-4,7-13,16-18H2,(H,35,41)(H,36,40)(H,37,42)/t22-/m0/s1. The van der Waals surface area contributed by atoms with Crippen molar-refractivity contribution in [1.82, 2.24) is 25.7 Å². The first-order chi connectivity index (χ1) is 20.2. The number of amides is 3. The van der Waals surface area contributed by atoms with Gasteiger partial charge in [-0.1, -0.05) is 43.9 Å². The Kier molecular flexibility index (Phi) is 9.53. The Morgan fingerprint density at radius 2 is 1.64 bits per heavy atom. The van der Waals surface area contributed by atoms with Crippen molar-refractivity contribution in [2.45, 2.75) is 108 Å². The lowest BCUT2D eigenvalue weighted by Crippen LogP contribution is -2.45. The van der Waals surface area contributed by atoms with Crippen molar-refractivity contribution >= 4 is 17.7 Å². The Hall–Kier alpha value is -3.37. The fourth-order valence-corrected chi connectivity index (χ4v) is 6.34. The third-order valence-corrected chi connectivity index (χ3v) is 8.90. The highest BCUT2D eigenvalue weighted by Crippen LogP contribution is 2.40. The quantitative estimate of drug-likeness (QED) is 0.321. The molecule has 1 aromatic carbocycles. The second-order valence-corrected chi connectivity index (χ2v) is 12.0. The molecule has 3 amide bonds. The van der Waals surface area contributed by atoms with Crippen LogP contribution < -0.4 is 16.0 Å². The van der Waals surface area contributed by atoms with Gasteiger partial charge >= 0.3 is 6.18 Å². The number of hydrogen-bond acceptors (Lipinski definition) is 4. The summed E-state index contributed by atoms with van der Waals surface area (Å²) in [5, 5.41) is 13.4. The minimum Gasteiger partial charge on any atom is -0.356 e. The number of nitrogens with one attached hydrogen (secondary N) is 3. The molecule has 5 rings (SSSR count). The number of alkyl halides is 3. The molecule has 3 saturated carbocycles. The molecular weight excluding hydrogens is 547 g/mol. The van der Waals surface area contributed by atoms with Gasteiger partial charge < -0.3 is 16.0 Å². The first-order valence-corrected chi connectivity index (χ1v) is 15.3. The molecule has 228 valence electrons. The van der Waals surface area contributed by atoms with Crippen LogP contribution in [0.2, 0.25) is 0 Å². The molecule has 11 heteroatoms. The van der Waals surface area contributed by atoms with Gasteiger partial charge in [0.1, 0.15) is 0 Å². The summed E-state index contributed by atoms with van der Waals surface area (Å²) >= 11 is 0. The van der Waals surface area contributed by atoms with Crippen molar-refractivity contribution in [1.29, 1.82) is 0 Å². The highest BCUT2D eigenvalue weighted by atomic mass is 19.4. The van der Waals surface area contributed by atoms with Gasteiger partial charge in [0.05, 0.1) is 17.3 Å². The molecule has 3 fully saturated rings. The molecule has 2 aromatic rings. The van der Waals surface area contributed by atoms with E-state index >= 15 is 0 Å². The fraction of sp³-hybridized carbons (Fsp3) is 0.613. The predicted octanol–water partition coefficient (Wildman–Crippen LogP) is 5.54. The highest BCUT2D eigenvalue weighted by molar-refractivity contribution is 5.94. The van der Waals surface area contributed by atoms with Crippen LogP contribution in [0.5, 0.6) is 0 Å². The maximum absolute atomic E-state index is 13.9. The third kappa shape index (κ3) is 7.33. The molecule has 3 aliphatic rings. The lowest BCUT2D eigenvalue weighted by molar-refractivity contribution is -0.137. The summed E-state index contributed by atoms with van der Waals surface area (Å²) in [4.78, 5) is 38.8. The van der Waals surface area contributed by atoms with E-state index in [9.17, 15) is 27.6 Å². The molecule has 3 N–H and O–H groups in total. The smallest absolute Gasteiger partial charge is 0.356 e. The monoisotopic (exact) mass is 587 g/mol. The molecular formula is C31H40F3N5O3. The zero-order valence-corrected chi connectivity index (χ0v) is 23.8. The normalized spacial score (nSPS) is 18.9. The number of hydrogen-bond donors (Lipinski definition) is 3. The molecule has 42 heavy (non-hydrogen) atoms. The number of benzene rings is 1.